The standard InChI is InChI=1S/C12H24N2O/c1-10(15)14-8-6-7-11(9-14)13(5)12(2,3)4/h11H,6-9H2,1-5H3. The molecule has 1 amide bonds. The fraction of sp³-hybridized carbons (Fsp3) is 0.917. The first-order chi connectivity index (χ1) is 6.82. The van der Waals surface area contributed by atoms with Gasteiger partial charge in [0.2, 0.25) is 5.91 Å². The smallest absolute Gasteiger partial charge is 0.219 e. The molecule has 0 aliphatic carbocycles. The number of carbonyl (C=O) groups excluding carboxylic acids is 1. The number of likely N-dealkylation sites (N-methyl/N-ethyl adjacent to an activating group) is 1. The molecular formula is C12H24N2O. The van der Waals surface area contributed by atoms with Crippen molar-refractivity contribution in [3.63, 3.8) is 0 Å². The van der Waals surface area contributed by atoms with Crippen LogP contribution in [0.1, 0.15) is 40.5 Å². The maximum atomic E-state index is 11.3. The van der Waals surface area contributed by atoms with Crippen LogP contribution in [-0.4, -0.2) is 47.4 Å². The van der Waals surface area contributed by atoms with Gasteiger partial charge in [-0.25, -0.2) is 0 Å². The van der Waals surface area contributed by atoms with E-state index < -0.39 is 0 Å². The Morgan fingerprint density at radius 2 is 2.00 bits per heavy atom. The molecule has 15 heavy (non-hydrogen) atoms. The molecule has 88 valence electrons. The molecule has 1 unspecified atom stereocenters. The van der Waals surface area contributed by atoms with E-state index in [-0.39, 0.29) is 11.4 Å². The van der Waals surface area contributed by atoms with E-state index in [1.165, 1.54) is 6.42 Å². The summed E-state index contributed by atoms with van der Waals surface area (Å²) in [6.07, 6.45) is 2.34. The van der Waals surface area contributed by atoms with Crippen molar-refractivity contribution in [1.82, 2.24) is 9.80 Å². The first kappa shape index (κ1) is 12.5. The Kier molecular flexibility index (Phi) is 3.77. The van der Waals surface area contributed by atoms with E-state index in [0.29, 0.717) is 6.04 Å². The van der Waals surface area contributed by atoms with Gasteiger partial charge < -0.3 is 4.90 Å². The van der Waals surface area contributed by atoms with Crippen molar-refractivity contribution in [2.75, 3.05) is 20.1 Å². The molecule has 1 saturated heterocycles. The van der Waals surface area contributed by atoms with Gasteiger partial charge in [-0.1, -0.05) is 0 Å². The third-order valence-electron chi connectivity index (χ3n) is 3.45. The van der Waals surface area contributed by atoms with Crippen molar-refractivity contribution in [3.8, 4) is 0 Å². The molecule has 0 aromatic rings. The van der Waals surface area contributed by atoms with Crippen LogP contribution in [0.3, 0.4) is 0 Å². The Bertz CT molecular complexity index is 232. The van der Waals surface area contributed by atoms with Gasteiger partial charge in [-0.05, 0) is 40.7 Å². The molecule has 1 heterocycles. The van der Waals surface area contributed by atoms with Gasteiger partial charge in [0.15, 0.2) is 0 Å². The first-order valence-electron chi connectivity index (χ1n) is 5.81. The predicted octanol–water partition coefficient (Wildman–Crippen LogP) is 1.73. The summed E-state index contributed by atoms with van der Waals surface area (Å²) in [7, 11) is 2.16. The largest absolute Gasteiger partial charge is 0.341 e. The molecule has 3 nitrogen and oxygen atoms in total. The minimum atomic E-state index is 0.185. The van der Waals surface area contributed by atoms with Crippen LogP contribution < -0.4 is 0 Å². The van der Waals surface area contributed by atoms with Crippen molar-refractivity contribution >= 4 is 5.91 Å². The maximum Gasteiger partial charge on any atom is 0.219 e. The number of amides is 1. The third kappa shape index (κ3) is 3.20. The van der Waals surface area contributed by atoms with Crippen LogP contribution in [-0.2, 0) is 4.79 Å². The summed E-state index contributed by atoms with van der Waals surface area (Å²) >= 11 is 0. The molecule has 0 spiro atoms. The minimum absolute atomic E-state index is 0.185. The molecule has 1 aliphatic heterocycles. The normalized spacial score (nSPS) is 23.3. The molecule has 0 radical (unpaired) electrons. The number of hydrogen-bond acceptors (Lipinski definition) is 2. The lowest BCUT2D eigenvalue weighted by atomic mass is 9.98. The van der Waals surface area contributed by atoms with E-state index in [1.807, 2.05) is 4.90 Å². The fourth-order valence-electron chi connectivity index (χ4n) is 2.10. The summed E-state index contributed by atoms with van der Waals surface area (Å²) in [6.45, 7) is 10.2. The molecule has 1 fully saturated rings. The average molecular weight is 212 g/mol. The molecular weight excluding hydrogens is 188 g/mol. The highest BCUT2D eigenvalue weighted by molar-refractivity contribution is 5.73. The summed E-state index contributed by atoms with van der Waals surface area (Å²) in [5.41, 5.74) is 0.185. The molecule has 0 saturated carbocycles. The lowest BCUT2D eigenvalue weighted by Crippen LogP contribution is -2.53. The minimum Gasteiger partial charge on any atom is -0.341 e. The summed E-state index contributed by atoms with van der Waals surface area (Å²) in [5, 5.41) is 0. The highest BCUT2D eigenvalue weighted by atomic mass is 16.2. The van der Waals surface area contributed by atoms with Crippen molar-refractivity contribution in [3.05, 3.63) is 0 Å². The summed E-state index contributed by atoms with van der Waals surface area (Å²) in [6, 6.07) is 0.516. The maximum absolute atomic E-state index is 11.3. The molecule has 0 aromatic carbocycles. The third-order valence-corrected chi connectivity index (χ3v) is 3.45. The van der Waals surface area contributed by atoms with Crippen LogP contribution in [0, 0.1) is 0 Å². The van der Waals surface area contributed by atoms with E-state index in [0.717, 1.165) is 19.5 Å². The first-order valence-corrected chi connectivity index (χ1v) is 5.81. The number of hydrogen-bond donors (Lipinski definition) is 0. The second-order valence-corrected chi connectivity index (χ2v) is 5.54. The highest BCUT2D eigenvalue weighted by Gasteiger charge is 2.29. The summed E-state index contributed by atoms with van der Waals surface area (Å²) < 4.78 is 0. The molecule has 3 heteroatoms. The lowest BCUT2D eigenvalue weighted by molar-refractivity contribution is -0.131. The van der Waals surface area contributed by atoms with Gasteiger partial charge in [0, 0.05) is 31.6 Å². The molecule has 0 N–H and O–H groups in total. The Balaban J connectivity index is 2.60. The van der Waals surface area contributed by atoms with Gasteiger partial charge in [-0.15, -0.1) is 0 Å². The van der Waals surface area contributed by atoms with Crippen molar-refractivity contribution < 1.29 is 4.79 Å². The van der Waals surface area contributed by atoms with E-state index in [4.69, 9.17) is 0 Å². The molecule has 1 atom stereocenters. The summed E-state index contributed by atoms with van der Waals surface area (Å²) in [4.78, 5) is 15.7. The number of carbonyl (C=O) groups is 1. The monoisotopic (exact) mass is 212 g/mol. The van der Waals surface area contributed by atoms with E-state index in [1.54, 1.807) is 6.92 Å². The second-order valence-electron chi connectivity index (χ2n) is 5.54. The van der Waals surface area contributed by atoms with Crippen LogP contribution in [0.2, 0.25) is 0 Å². The van der Waals surface area contributed by atoms with Crippen LogP contribution in [0.25, 0.3) is 0 Å². The van der Waals surface area contributed by atoms with Gasteiger partial charge in [0.25, 0.3) is 0 Å². The predicted molar refractivity (Wildman–Crippen MR) is 62.8 cm³/mol. The molecule has 1 rings (SSSR count). The van der Waals surface area contributed by atoms with E-state index in [9.17, 15) is 4.79 Å². The van der Waals surface area contributed by atoms with Gasteiger partial charge in [0.05, 0.1) is 0 Å². The van der Waals surface area contributed by atoms with E-state index in [2.05, 4.69) is 32.7 Å². The lowest BCUT2D eigenvalue weighted by Gasteiger charge is -2.43. The number of nitrogens with zero attached hydrogens (tertiary/aromatic N) is 2. The zero-order valence-electron chi connectivity index (χ0n) is 10.7. The summed E-state index contributed by atoms with van der Waals surface area (Å²) in [5.74, 6) is 0.210. The number of rotatable bonds is 1. The highest BCUT2D eigenvalue weighted by Crippen LogP contribution is 2.21. The molecule has 0 bridgehead atoms. The van der Waals surface area contributed by atoms with Crippen LogP contribution in [0.15, 0.2) is 0 Å². The van der Waals surface area contributed by atoms with Gasteiger partial charge in [0.1, 0.15) is 0 Å². The van der Waals surface area contributed by atoms with Crippen LogP contribution in [0.5, 0.6) is 0 Å². The Hall–Kier alpha value is -0.570. The average Bonchev–Trinajstić information content (AvgIpc) is 2.15. The van der Waals surface area contributed by atoms with Gasteiger partial charge in [-0.3, -0.25) is 9.69 Å². The van der Waals surface area contributed by atoms with Gasteiger partial charge >= 0.3 is 0 Å². The van der Waals surface area contributed by atoms with Crippen molar-refractivity contribution in [1.29, 1.82) is 0 Å². The Morgan fingerprint density at radius 3 is 2.47 bits per heavy atom. The SMILES string of the molecule is CC(=O)N1CCCC(N(C)C(C)(C)C)C1. The Labute approximate surface area is 93.4 Å². The van der Waals surface area contributed by atoms with E-state index >= 15 is 0 Å². The number of piperidine rings is 1. The van der Waals surface area contributed by atoms with Crippen molar-refractivity contribution in [2.24, 2.45) is 0 Å². The zero-order chi connectivity index (χ0) is 11.6. The quantitative estimate of drug-likeness (QED) is 0.661. The molecule has 1 aliphatic rings. The Morgan fingerprint density at radius 1 is 1.40 bits per heavy atom. The zero-order valence-corrected chi connectivity index (χ0v) is 10.7. The fourth-order valence-corrected chi connectivity index (χ4v) is 2.10. The number of likely N-dealkylation sites (tertiary alicyclic amines) is 1. The second kappa shape index (κ2) is 4.52. The molecule has 0 aromatic heterocycles. The van der Waals surface area contributed by atoms with Crippen LogP contribution in [0.4, 0.5) is 0 Å². The van der Waals surface area contributed by atoms with Crippen molar-refractivity contribution in [2.45, 2.75) is 52.1 Å². The van der Waals surface area contributed by atoms with Gasteiger partial charge in [-0.2, -0.15) is 0 Å². The topological polar surface area (TPSA) is 23.6 Å². The van der Waals surface area contributed by atoms with Crippen LogP contribution >= 0.6 is 0 Å².